The van der Waals surface area contributed by atoms with Crippen molar-refractivity contribution >= 4 is 51.7 Å². The van der Waals surface area contributed by atoms with Crippen LogP contribution in [-0.4, -0.2) is 35.2 Å². The lowest BCUT2D eigenvalue weighted by molar-refractivity contribution is -0.00144. The number of amidine groups is 1. The van der Waals surface area contributed by atoms with Gasteiger partial charge in [-0.1, -0.05) is 11.6 Å². The SMILES string of the molecule is N=C(N)N1CCC(F)(F)C1C(N)=Nc1ccc(I)c(Cl)c1. The minimum atomic E-state index is -3.08. The van der Waals surface area contributed by atoms with E-state index < -0.39 is 24.3 Å². The second kappa shape index (κ2) is 5.91. The number of hydrogen-bond acceptors (Lipinski definition) is 2. The largest absolute Gasteiger partial charge is 0.385 e. The van der Waals surface area contributed by atoms with E-state index in [1.807, 2.05) is 22.6 Å². The average Bonchev–Trinajstić information content (AvgIpc) is 2.69. The standard InChI is InChI=1S/C12H13ClF2IN5/c13-7-5-6(1-2-8(7)16)20-10(17)9-12(14,15)3-4-21(9)11(18)19/h1-2,5,9H,3-4H2,(H2,17,20)(H3,18,19). The Balaban J connectivity index is 2.35. The third-order valence-corrected chi connectivity index (χ3v) is 4.72. The molecule has 1 fully saturated rings. The van der Waals surface area contributed by atoms with Crippen LogP contribution in [-0.2, 0) is 0 Å². The summed E-state index contributed by atoms with van der Waals surface area (Å²) < 4.78 is 28.7. The van der Waals surface area contributed by atoms with Crippen molar-refractivity contribution in [2.45, 2.75) is 18.4 Å². The van der Waals surface area contributed by atoms with Gasteiger partial charge in [-0.05, 0) is 40.8 Å². The van der Waals surface area contributed by atoms with Gasteiger partial charge in [0.05, 0.1) is 10.7 Å². The van der Waals surface area contributed by atoms with Crippen molar-refractivity contribution in [1.29, 1.82) is 5.41 Å². The Labute approximate surface area is 139 Å². The van der Waals surface area contributed by atoms with E-state index in [0.717, 1.165) is 8.47 Å². The number of guanidine groups is 1. The number of benzene rings is 1. The Morgan fingerprint density at radius 3 is 2.71 bits per heavy atom. The number of aliphatic imine (C=N–C) groups is 1. The third-order valence-electron chi connectivity index (χ3n) is 3.15. The van der Waals surface area contributed by atoms with Crippen LogP contribution in [0.4, 0.5) is 14.5 Å². The molecule has 9 heteroatoms. The van der Waals surface area contributed by atoms with Crippen LogP contribution in [0, 0.1) is 8.98 Å². The molecule has 1 heterocycles. The number of halogens is 4. The molecule has 2 rings (SSSR count). The van der Waals surface area contributed by atoms with Crippen LogP contribution < -0.4 is 11.5 Å². The van der Waals surface area contributed by atoms with Crippen LogP contribution in [0.3, 0.4) is 0 Å². The zero-order valence-corrected chi connectivity index (χ0v) is 13.7. The Bertz CT molecular complexity index is 607. The summed E-state index contributed by atoms with van der Waals surface area (Å²) >= 11 is 8.01. The summed E-state index contributed by atoms with van der Waals surface area (Å²) in [7, 11) is 0. The molecule has 0 spiro atoms. The minimum absolute atomic E-state index is 0.0311. The van der Waals surface area contributed by atoms with E-state index in [0.29, 0.717) is 10.7 Å². The van der Waals surface area contributed by atoms with Crippen LogP contribution in [0.2, 0.25) is 5.02 Å². The average molecular weight is 428 g/mol. The first-order valence-corrected chi connectivity index (χ1v) is 7.45. The smallest absolute Gasteiger partial charge is 0.276 e. The van der Waals surface area contributed by atoms with Crippen LogP contribution in [0.15, 0.2) is 23.2 Å². The van der Waals surface area contributed by atoms with Gasteiger partial charge in [-0.15, -0.1) is 0 Å². The lowest BCUT2D eigenvalue weighted by Crippen LogP contribution is -2.52. The molecule has 1 aromatic carbocycles. The van der Waals surface area contributed by atoms with Gasteiger partial charge in [0.1, 0.15) is 5.84 Å². The van der Waals surface area contributed by atoms with Gasteiger partial charge in [-0.2, -0.15) is 0 Å². The number of rotatable bonds is 2. The lowest BCUT2D eigenvalue weighted by Gasteiger charge is -2.27. The number of nitrogens with two attached hydrogens (primary N) is 2. The normalized spacial score (nSPS) is 21.6. The zero-order valence-electron chi connectivity index (χ0n) is 10.8. The fraction of sp³-hybridized carbons (Fsp3) is 0.333. The Hall–Kier alpha value is -1.16. The first-order chi connectivity index (χ1) is 9.72. The van der Waals surface area contributed by atoms with Crippen LogP contribution in [0.5, 0.6) is 0 Å². The molecule has 5 nitrogen and oxygen atoms in total. The van der Waals surface area contributed by atoms with Gasteiger partial charge in [0.2, 0.25) is 0 Å². The summed E-state index contributed by atoms with van der Waals surface area (Å²) in [5.41, 5.74) is 11.4. The summed E-state index contributed by atoms with van der Waals surface area (Å²) in [6.07, 6.45) is -0.416. The van der Waals surface area contributed by atoms with Gasteiger partial charge in [0, 0.05) is 16.5 Å². The van der Waals surface area contributed by atoms with E-state index in [2.05, 4.69) is 4.99 Å². The maximum atomic E-state index is 13.9. The first-order valence-electron chi connectivity index (χ1n) is 6.00. The number of likely N-dealkylation sites (tertiary alicyclic amines) is 1. The van der Waals surface area contributed by atoms with Crippen molar-refractivity contribution < 1.29 is 8.78 Å². The topological polar surface area (TPSA) is 91.5 Å². The van der Waals surface area contributed by atoms with Crippen molar-refractivity contribution in [3.8, 4) is 0 Å². The molecular formula is C12H13ClF2IN5. The summed E-state index contributed by atoms with van der Waals surface area (Å²) in [5.74, 6) is -3.81. The minimum Gasteiger partial charge on any atom is -0.385 e. The van der Waals surface area contributed by atoms with E-state index in [-0.39, 0.29) is 12.4 Å². The fourth-order valence-electron chi connectivity index (χ4n) is 2.16. The zero-order chi connectivity index (χ0) is 15.8. The molecule has 0 bridgehead atoms. The predicted molar refractivity (Wildman–Crippen MR) is 87.4 cm³/mol. The van der Waals surface area contributed by atoms with E-state index >= 15 is 0 Å². The highest BCUT2D eigenvalue weighted by Crippen LogP contribution is 2.34. The first kappa shape index (κ1) is 16.2. The summed E-state index contributed by atoms with van der Waals surface area (Å²) in [5, 5.41) is 7.84. The summed E-state index contributed by atoms with van der Waals surface area (Å²) in [6, 6.07) is 3.38. The molecule has 1 saturated heterocycles. The number of nitrogens with zero attached hydrogens (tertiary/aromatic N) is 2. The van der Waals surface area contributed by atoms with E-state index in [9.17, 15) is 8.78 Å². The van der Waals surface area contributed by atoms with E-state index in [1.165, 1.54) is 0 Å². The maximum absolute atomic E-state index is 13.9. The second-order valence-electron chi connectivity index (χ2n) is 4.63. The second-order valence-corrected chi connectivity index (χ2v) is 6.20. The fourth-order valence-corrected chi connectivity index (χ4v) is 2.67. The van der Waals surface area contributed by atoms with E-state index in [4.69, 9.17) is 28.5 Å². The highest BCUT2D eigenvalue weighted by Gasteiger charge is 2.51. The number of nitrogens with one attached hydrogen (secondary N) is 1. The van der Waals surface area contributed by atoms with Crippen molar-refractivity contribution in [3.05, 3.63) is 26.8 Å². The van der Waals surface area contributed by atoms with Crippen molar-refractivity contribution in [3.63, 3.8) is 0 Å². The molecule has 0 amide bonds. The molecule has 0 aliphatic carbocycles. The van der Waals surface area contributed by atoms with Gasteiger partial charge >= 0.3 is 0 Å². The van der Waals surface area contributed by atoms with Crippen molar-refractivity contribution in [2.75, 3.05) is 6.54 Å². The molecule has 114 valence electrons. The molecule has 21 heavy (non-hydrogen) atoms. The Kier molecular flexibility index (Phi) is 4.57. The predicted octanol–water partition coefficient (Wildman–Crippen LogP) is 2.54. The van der Waals surface area contributed by atoms with Gasteiger partial charge < -0.3 is 16.4 Å². The van der Waals surface area contributed by atoms with Gasteiger partial charge in [-0.25, -0.2) is 13.8 Å². The highest BCUT2D eigenvalue weighted by molar-refractivity contribution is 14.1. The Morgan fingerprint density at radius 1 is 1.48 bits per heavy atom. The van der Waals surface area contributed by atoms with Gasteiger partial charge in [-0.3, -0.25) is 5.41 Å². The molecule has 1 atom stereocenters. The highest BCUT2D eigenvalue weighted by atomic mass is 127. The third kappa shape index (κ3) is 3.37. The molecule has 1 aliphatic rings. The molecule has 0 radical (unpaired) electrons. The lowest BCUT2D eigenvalue weighted by atomic mass is 10.1. The molecule has 0 saturated carbocycles. The summed E-state index contributed by atoms with van der Waals surface area (Å²) in [6.45, 7) is -0.0311. The van der Waals surface area contributed by atoms with E-state index in [1.54, 1.807) is 18.2 Å². The quantitative estimate of drug-likeness (QED) is 0.385. The Morgan fingerprint density at radius 2 is 2.14 bits per heavy atom. The molecule has 1 aromatic rings. The molecule has 1 unspecified atom stereocenters. The summed E-state index contributed by atoms with van der Waals surface area (Å²) in [4.78, 5) is 5.05. The molecule has 5 N–H and O–H groups in total. The maximum Gasteiger partial charge on any atom is 0.276 e. The van der Waals surface area contributed by atoms with Gasteiger partial charge in [0.15, 0.2) is 12.0 Å². The van der Waals surface area contributed by atoms with Crippen molar-refractivity contribution in [1.82, 2.24) is 4.90 Å². The van der Waals surface area contributed by atoms with Gasteiger partial charge in [0.25, 0.3) is 5.92 Å². The molecule has 1 aliphatic heterocycles. The molecular weight excluding hydrogens is 415 g/mol. The number of alkyl halides is 2. The van der Waals surface area contributed by atoms with Crippen LogP contribution >= 0.6 is 34.2 Å². The van der Waals surface area contributed by atoms with Crippen LogP contribution in [0.25, 0.3) is 0 Å². The molecule has 0 aromatic heterocycles. The van der Waals surface area contributed by atoms with Crippen LogP contribution in [0.1, 0.15) is 6.42 Å². The monoisotopic (exact) mass is 427 g/mol. The van der Waals surface area contributed by atoms with Crippen molar-refractivity contribution in [2.24, 2.45) is 16.5 Å². The number of hydrogen-bond donors (Lipinski definition) is 3.